The highest BCUT2D eigenvalue weighted by Crippen LogP contribution is 2.20. The first kappa shape index (κ1) is 15.9. The number of hydrogen-bond acceptors (Lipinski definition) is 2. The molecule has 0 aliphatic heterocycles. The fourth-order valence-electron chi connectivity index (χ4n) is 1.53. The minimum atomic E-state index is -0.420. The summed E-state index contributed by atoms with van der Waals surface area (Å²) in [5, 5.41) is 3.23. The molecule has 0 heterocycles. The van der Waals surface area contributed by atoms with Gasteiger partial charge in [0, 0.05) is 5.69 Å². The van der Waals surface area contributed by atoms with Gasteiger partial charge < -0.3 is 10.2 Å². The van der Waals surface area contributed by atoms with Gasteiger partial charge in [0.1, 0.15) is 0 Å². The van der Waals surface area contributed by atoms with Gasteiger partial charge in [0.2, 0.25) is 0 Å². The van der Waals surface area contributed by atoms with Crippen LogP contribution in [0.4, 0.5) is 5.69 Å². The first-order valence-corrected chi connectivity index (χ1v) is 6.76. The summed E-state index contributed by atoms with van der Waals surface area (Å²) in [6.45, 7) is 10.7. The molecular formula is C14H18N4OS. The number of hydrazine groups is 1. The number of nitrogens with one attached hydrogen (secondary N) is 3. The molecule has 1 atom stereocenters. The molecule has 5 nitrogen and oxygen atoms in total. The Labute approximate surface area is 124 Å². The number of anilines is 1. The minimum Gasteiger partial charge on any atom is -0.331 e. The van der Waals surface area contributed by atoms with Crippen molar-refractivity contribution in [3.8, 4) is 0 Å². The Bertz CT molecular complexity index is 507. The molecule has 1 amide bonds. The van der Waals surface area contributed by atoms with Crippen LogP contribution in [-0.2, 0) is 4.79 Å². The van der Waals surface area contributed by atoms with E-state index in [2.05, 4.69) is 47.0 Å². The Morgan fingerprint density at radius 3 is 2.55 bits per heavy atom. The molecule has 106 valence electrons. The van der Waals surface area contributed by atoms with E-state index in [1.54, 1.807) is 0 Å². The number of carbonyl (C=O) groups is 1. The molecule has 3 N–H and O–H groups in total. The number of hydrogen-bond donors (Lipinski definition) is 3. The molecule has 0 spiro atoms. The molecule has 6 heteroatoms. The fraction of sp³-hybridized carbons (Fsp3) is 0.357. The third kappa shape index (κ3) is 5.24. The Hall–Kier alpha value is -2.13. The number of nitrogens with zero attached hydrogens (tertiary/aromatic N) is 1. The quantitative estimate of drug-likeness (QED) is 0.453. The first-order valence-electron chi connectivity index (χ1n) is 6.35. The van der Waals surface area contributed by atoms with Crippen LogP contribution in [0.1, 0.15) is 31.7 Å². The number of benzene rings is 1. The highest BCUT2D eigenvalue weighted by molar-refractivity contribution is 7.80. The van der Waals surface area contributed by atoms with Crippen molar-refractivity contribution in [3.05, 3.63) is 41.2 Å². The second-order valence-electron chi connectivity index (χ2n) is 4.37. The van der Waals surface area contributed by atoms with Gasteiger partial charge in [-0.15, -0.1) is 0 Å². The third-order valence-corrected chi connectivity index (χ3v) is 3.09. The van der Waals surface area contributed by atoms with Crippen molar-refractivity contribution in [3.63, 3.8) is 0 Å². The van der Waals surface area contributed by atoms with Crippen LogP contribution < -0.4 is 16.2 Å². The highest BCUT2D eigenvalue weighted by Gasteiger charge is 2.05. The summed E-state index contributed by atoms with van der Waals surface area (Å²) in [6, 6.07) is 7.99. The predicted molar refractivity (Wildman–Crippen MR) is 84.1 cm³/mol. The molecule has 0 fully saturated rings. The molecule has 0 aromatic heterocycles. The highest BCUT2D eigenvalue weighted by atomic mass is 32.1. The normalized spacial score (nSPS) is 11.1. The van der Waals surface area contributed by atoms with E-state index in [1.807, 2.05) is 12.1 Å². The van der Waals surface area contributed by atoms with Crippen LogP contribution in [0.25, 0.3) is 4.85 Å². The van der Waals surface area contributed by atoms with Crippen molar-refractivity contribution in [1.29, 1.82) is 0 Å². The van der Waals surface area contributed by atoms with Crippen LogP contribution in [0.15, 0.2) is 24.3 Å². The second kappa shape index (κ2) is 8.12. The van der Waals surface area contributed by atoms with Crippen molar-refractivity contribution in [1.82, 2.24) is 10.9 Å². The average molecular weight is 290 g/mol. The molecule has 0 aliphatic carbocycles. The Balaban J connectivity index is 2.46. The maximum absolute atomic E-state index is 11.1. The molecule has 0 saturated carbocycles. The zero-order valence-corrected chi connectivity index (χ0v) is 12.4. The van der Waals surface area contributed by atoms with Gasteiger partial charge in [0.15, 0.2) is 5.11 Å². The fourth-order valence-corrected chi connectivity index (χ4v) is 1.70. The molecule has 20 heavy (non-hydrogen) atoms. The summed E-state index contributed by atoms with van der Waals surface area (Å²) in [7, 11) is 0. The smallest absolute Gasteiger partial charge is 0.318 e. The van der Waals surface area contributed by atoms with E-state index in [9.17, 15) is 4.79 Å². The van der Waals surface area contributed by atoms with Gasteiger partial charge in [-0.25, -0.2) is 6.57 Å². The van der Waals surface area contributed by atoms with Gasteiger partial charge in [-0.1, -0.05) is 26.0 Å². The number of amides is 1. The summed E-state index contributed by atoms with van der Waals surface area (Å²) < 4.78 is 0. The van der Waals surface area contributed by atoms with Crippen LogP contribution in [0, 0.1) is 6.57 Å². The summed E-state index contributed by atoms with van der Waals surface area (Å²) in [5.41, 5.74) is 7.00. The lowest BCUT2D eigenvalue weighted by atomic mass is 9.99. The van der Waals surface area contributed by atoms with E-state index in [1.165, 1.54) is 5.56 Å². The molecule has 0 radical (unpaired) electrons. The molecule has 1 unspecified atom stereocenters. The lowest BCUT2D eigenvalue weighted by Crippen LogP contribution is -2.44. The molecule has 0 saturated heterocycles. The van der Waals surface area contributed by atoms with E-state index in [0.717, 1.165) is 12.1 Å². The van der Waals surface area contributed by atoms with Crippen LogP contribution in [0.3, 0.4) is 0 Å². The van der Waals surface area contributed by atoms with Crippen LogP contribution in [0.2, 0.25) is 0 Å². The maximum Gasteiger partial charge on any atom is 0.318 e. The molecule has 0 aliphatic rings. The lowest BCUT2D eigenvalue weighted by Gasteiger charge is -2.12. The summed E-state index contributed by atoms with van der Waals surface area (Å²) in [6.07, 6.45) is 1.10. The van der Waals surface area contributed by atoms with Crippen LogP contribution in [0.5, 0.6) is 0 Å². The summed E-state index contributed by atoms with van der Waals surface area (Å²) in [4.78, 5) is 14.0. The molecule has 0 bridgehead atoms. The molecule has 1 aromatic carbocycles. The summed E-state index contributed by atoms with van der Waals surface area (Å²) >= 11 is 5.03. The standard InChI is InChI=1S/C14H18N4OS/c1-4-10(2)11-5-7-12(8-6-11)16-14(20)18-17-13(19)9-15-3/h5-8,10H,4,9H2,1-2H3,(H,17,19)(H2,16,18,20). The lowest BCUT2D eigenvalue weighted by molar-refractivity contribution is -0.119. The van der Waals surface area contributed by atoms with Gasteiger partial charge in [-0.05, 0) is 42.3 Å². The van der Waals surface area contributed by atoms with Crippen molar-refractivity contribution in [2.24, 2.45) is 0 Å². The van der Waals surface area contributed by atoms with E-state index < -0.39 is 5.91 Å². The van der Waals surface area contributed by atoms with Crippen molar-refractivity contribution in [2.45, 2.75) is 26.2 Å². The number of carbonyl (C=O) groups excluding carboxylic acids is 1. The zero-order chi connectivity index (χ0) is 15.0. The van der Waals surface area contributed by atoms with Crippen LogP contribution >= 0.6 is 12.2 Å². The first-order chi connectivity index (χ1) is 9.56. The van der Waals surface area contributed by atoms with Crippen molar-refractivity contribution in [2.75, 3.05) is 11.9 Å². The number of rotatable bonds is 4. The maximum atomic E-state index is 11.1. The Morgan fingerprint density at radius 1 is 1.35 bits per heavy atom. The monoisotopic (exact) mass is 290 g/mol. The van der Waals surface area contributed by atoms with E-state index >= 15 is 0 Å². The molecule has 1 rings (SSSR count). The second-order valence-corrected chi connectivity index (χ2v) is 4.78. The van der Waals surface area contributed by atoms with Gasteiger partial charge in [0.05, 0.1) is 0 Å². The average Bonchev–Trinajstić information content (AvgIpc) is 2.45. The predicted octanol–water partition coefficient (Wildman–Crippen LogP) is 2.44. The van der Waals surface area contributed by atoms with Crippen molar-refractivity contribution < 1.29 is 4.79 Å². The SMILES string of the molecule is [C-]#[N+]CC(=O)NNC(=S)Nc1ccc(C(C)CC)cc1. The van der Waals surface area contributed by atoms with E-state index in [-0.39, 0.29) is 11.7 Å². The van der Waals surface area contributed by atoms with Gasteiger partial charge in [-0.2, -0.15) is 0 Å². The largest absolute Gasteiger partial charge is 0.331 e. The van der Waals surface area contributed by atoms with Gasteiger partial charge in [-0.3, -0.25) is 15.6 Å². The topological polar surface area (TPSA) is 57.5 Å². The zero-order valence-electron chi connectivity index (χ0n) is 11.6. The van der Waals surface area contributed by atoms with Crippen LogP contribution in [-0.4, -0.2) is 17.6 Å². The van der Waals surface area contributed by atoms with Crippen molar-refractivity contribution >= 4 is 28.9 Å². The molecule has 1 aromatic rings. The van der Waals surface area contributed by atoms with E-state index in [0.29, 0.717) is 5.92 Å². The number of thiocarbonyl (C=S) groups is 1. The van der Waals surface area contributed by atoms with E-state index in [4.69, 9.17) is 18.8 Å². The Kier molecular flexibility index (Phi) is 6.47. The van der Waals surface area contributed by atoms with Gasteiger partial charge in [0.25, 0.3) is 6.54 Å². The Morgan fingerprint density at radius 2 is 2.00 bits per heavy atom. The third-order valence-electron chi connectivity index (χ3n) is 2.89. The minimum absolute atomic E-state index is 0.223. The summed E-state index contributed by atoms with van der Waals surface area (Å²) in [5.74, 6) is 0.110. The molecular weight excluding hydrogens is 272 g/mol. The van der Waals surface area contributed by atoms with Gasteiger partial charge >= 0.3 is 5.91 Å².